The molecule has 48 heavy (non-hydrogen) atoms. The van der Waals surface area contributed by atoms with E-state index in [1.807, 2.05) is 6.07 Å². The molecule has 0 amide bonds. The van der Waals surface area contributed by atoms with Crippen LogP contribution in [0.2, 0.25) is 0 Å². The van der Waals surface area contributed by atoms with Crippen molar-refractivity contribution < 1.29 is 4.42 Å². The van der Waals surface area contributed by atoms with Crippen molar-refractivity contribution in [1.29, 1.82) is 0 Å². The van der Waals surface area contributed by atoms with Crippen LogP contribution in [0.1, 0.15) is 0 Å². The third-order valence-corrected chi connectivity index (χ3v) is 9.81. The number of furan rings is 1. The predicted molar refractivity (Wildman–Crippen MR) is 204 cm³/mol. The van der Waals surface area contributed by atoms with E-state index < -0.39 is 0 Å². The molecule has 0 atom stereocenters. The number of hydrogen-bond acceptors (Lipinski definition) is 2. The molecule has 1 aromatic heterocycles. The van der Waals surface area contributed by atoms with Gasteiger partial charge in [0.2, 0.25) is 0 Å². The molecule has 0 bridgehead atoms. The van der Waals surface area contributed by atoms with Gasteiger partial charge < -0.3 is 9.32 Å². The molecule has 0 aliphatic rings. The molecule has 2 heteroatoms. The summed E-state index contributed by atoms with van der Waals surface area (Å²) in [5.74, 6) is 0. The maximum atomic E-state index is 6.59. The molecule has 0 unspecified atom stereocenters. The molecular weight excluding hydrogens is 583 g/mol. The third kappa shape index (κ3) is 4.06. The Labute approximate surface area is 277 Å². The van der Waals surface area contributed by atoms with Crippen LogP contribution in [-0.2, 0) is 0 Å². The van der Waals surface area contributed by atoms with Crippen LogP contribution >= 0.6 is 0 Å². The SMILES string of the molecule is c1ccc(N(c2ccc(-c3cccc4ccc5ccc6ccccc6c5c34)cc2)c2cccc3ccc4c5ccccc5oc4c23)cc1. The van der Waals surface area contributed by atoms with E-state index in [4.69, 9.17) is 4.42 Å². The van der Waals surface area contributed by atoms with Crippen molar-refractivity contribution in [2.24, 2.45) is 0 Å². The Hall–Kier alpha value is -6.38. The maximum Gasteiger partial charge on any atom is 0.145 e. The van der Waals surface area contributed by atoms with Gasteiger partial charge in [-0.3, -0.25) is 0 Å². The Morgan fingerprint density at radius 1 is 0.354 bits per heavy atom. The standard InChI is InChI=1S/C46H29NO/c1-2-13-35(14-3-1)47(41-18-9-12-33-26-29-40-39-16-6-7-19-42(39)48-46(40)45(33)41)36-27-24-31(25-28-36)38-17-8-11-32-22-23-34-21-20-30-10-4-5-15-37(30)44(34)43(32)38/h1-29H. The van der Waals surface area contributed by atoms with Gasteiger partial charge in [0.25, 0.3) is 0 Å². The highest BCUT2D eigenvalue weighted by atomic mass is 16.3. The molecule has 224 valence electrons. The summed E-state index contributed by atoms with van der Waals surface area (Å²) in [5.41, 5.74) is 7.50. The van der Waals surface area contributed by atoms with Crippen LogP contribution in [0.25, 0.3) is 76.2 Å². The molecule has 0 saturated heterocycles. The minimum Gasteiger partial charge on any atom is -0.455 e. The Bertz CT molecular complexity index is 2820. The summed E-state index contributed by atoms with van der Waals surface area (Å²) in [6.07, 6.45) is 0. The smallest absolute Gasteiger partial charge is 0.145 e. The molecule has 0 N–H and O–H groups in total. The molecular formula is C46H29NO. The molecule has 0 aliphatic heterocycles. The second-order valence-electron chi connectivity index (χ2n) is 12.5. The molecule has 10 aromatic rings. The van der Waals surface area contributed by atoms with Crippen LogP contribution in [0.15, 0.2) is 180 Å². The largest absolute Gasteiger partial charge is 0.455 e. The summed E-state index contributed by atoms with van der Waals surface area (Å²) in [7, 11) is 0. The van der Waals surface area contributed by atoms with Gasteiger partial charge in [0.15, 0.2) is 0 Å². The van der Waals surface area contributed by atoms with Gasteiger partial charge in [-0.2, -0.15) is 0 Å². The number of para-hydroxylation sites is 2. The molecule has 10 rings (SSSR count). The second kappa shape index (κ2) is 10.6. The number of anilines is 3. The average Bonchev–Trinajstić information content (AvgIpc) is 3.54. The van der Waals surface area contributed by atoms with Gasteiger partial charge in [-0.15, -0.1) is 0 Å². The monoisotopic (exact) mass is 611 g/mol. The van der Waals surface area contributed by atoms with Gasteiger partial charge in [-0.05, 0) is 91.3 Å². The summed E-state index contributed by atoms with van der Waals surface area (Å²) < 4.78 is 6.59. The Balaban J connectivity index is 1.19. The second-order valence-corrected chi connectivity index (χ2v) is 12.5. The minimum atomic E-state index is 0.904. The zero-order valence-corrected chi connectivity index (χ0v) is 26.1. The summed E-state index contributed by atoms with van der Waals surface area (Å²) in [5, 5.41) is 12.2. The highest BCUT2D eigenvalue weighted by Gasteiger charge is 2.20. The molecule has 0 saturated carbocycles. The van der Waals surface area contributed by atoms with Crippen molar-refractivity contribution in [3.05, 3.63) is 176 Å². The number of benzene rings is 9. The summed E-state index contributed by atoms with van der Waals surface area (Å²) in [4.78, 5) is 2.35. The zero-order valence-electron chi connectivity index (χ0n) is 26.1. The summed E-state index contributed by atoms with van der Waals surface area (Å²) in [6.45, 7) is 0. The van der Waals surface area contributed by atoms with Gasteiger partial charge in [0.05, 0.1) is 5.69 Å². The number of nitrogens with zero attached hydrogens (tertiary/aromatic N) is 1. The van der Waals surface area contributed by atoms with E-state index in [-0.39, 0.29) is 0 Å². The molecule has 0 spiro atoms. The third-order valence-electron chi connectivity index (χ3n) is 9.81. The Kier molecular flexibility index (Phi) is 5.91. The van der Waals surface area contributed by atoms with Crippen molar-refractivity contribution in [3.63, 3.8) is 0 Å². The van der Waals surface area contributed by atoms with E-state index in [0.717, 1.165) is 49.8 Å². The van der Waals surface area contributed by atoms with Crippen LogP contribution < -0.4 is 4.90 Å². The first-order valence-corrected chi connectivity index (χ1v) is 16.4. The summed E-state index contributed by atoms with van der Waals surface area (Å²) in [6, 6.07) is 63.2. The fraction of sp³-hybridized carbons (Fsp3) is 0. The first kappa shape index (κ1) is 26.8. The predicted octanol–water partition coefficient (Wildman–Crippen LogP) is 13.3. The fourth-order valence-electron chi connectivity index (χ4n) is 7.63. The highest BCUT2D eigenvalue weighted by Crippen LogP contribution is 2.44. The lowest BCUT2D eigenvalue weighted by Crippen LogP contribution is -2.10. The summed E-state index contributed by atoms with van der Waals surface area (Å²) >= 11 is 0. The van der Waals surface area contributed by atoms with Crippen LogP contribution in [-0.4, -0.2) is 0 Å². The van der Waals surface area contributed by atoms with Crippen molar-refractivity contribution in [1.82, 2.24) is 0 Å². The lowest BCUT2D eigenvalue weighted by atomic mass is 9.91. The molecule has 2 nitrogen and oxygen atoms in total. The van der Waals surface area contributed by atoms with E-state index in [0.29, 0.717) is 0 Å². The quantitative estimate of drug-likeness (QED) is 0.184. The van der Waals surface area contributed by atoms with Crippen LogP contribution in [0.3, 0.4) is 0 Å². The van der Waals surface area contributed by atoms with Crippen molar-refractivity contribution in [3.8, 4) is 11.1 Å². The van der Waals surface area contributed by atoms with Crippen molar-refractivity contribution >= 4 is 82.1 Å². The van der Waals surface area contributed by atoms with Crippen LogP contribution in [0, 0.1) is 0 Å². The van der Waals surface area contributed by atoms with Gasteiger partial charge in [-0.1, -0.05) is 133 Å². The molecule has 1 heterocycles. The van der Waals surface area contributed by atoms with E-state index >= 15 is 0 Å². The Morgan fingerprint density at radius 2 is 0.958 bits per heavy atom. The molecule has 0 fully saturated rings. The van der Waals surface area contributed by atoms with E-state index in [1.54, 1.807) is 0 Å². The minimum absolute atomic E-state index is 0.904. The number of fused-ring (bicyclic) bond motifs is 10. The molecule has 0 radical (unpaired) electrons. The first-order valence-electron chi connectivity index (χ1n) is 16.4. The lowest BCUT2D eigenvalue weighted by Gasteiger charge is -2.27. The van der Waals surface area contributed by atoms with Crippen molar-refractivity contribution in [2.45, 2.75) is 0 Å². The van der Waals surface area contributed by atoms with Crippen LogP contribution in [0.5, 0.6) is 0 Å². The average molecular weight is 612 g/mol. The van der Waals surface area contributed by atoms with Crippen LogP contribution in [0.4, 0.5) is 17.1 Å². The number of rotatable bonds is 4. The van der Waals surface area contributed by atoms with E-state index in [9.17, 15) is 0 Å². The first-order chi connectivity index (χ1) is 23.8. The lowest BCUT2D eigenvalue weighted by molar-refractivity contribution is 0.672. The van der Waals surface area contributed by atoms with Gasteiger partial charge in [0, 0.05) is 27.5 Å². The molecule has 0 aliphatic carbocycles. The van der Waals surface area contributed by atoms with Crippen molar-refractivity contribution in [2.75, 3.05) is 4.90 Å². The van der Waals surface area contributed by atoms with E-state index in [2.05, 4.69) is 175 Å². The van der Waals surface area contributed by atoms with Gasteiger partial charge in [0.1, 0.15) is 11.2 Å². The fourth-order valence-corrected chi connectivity index (χ4v) is 7.63. The van der Waals surface area contributed by atoms with Gasteiger partial charge >= 0.3 is 0 Å². The van der Waals surface area contributed by atoms with Gasteiger partial charge in [-0.25, -0.2) is 0 Å². The zero-order chi connectivity index (χ0) is 31.6. The topological polar surface area (TPSA) is 16.4 Å². The highest BCUT2D eigenvalue weighted by molar-refractivity contribution is 6.24. The Morgan fingerprint density at radius 3 is 1.79 bits per heavy atom. The van der Waals surface area contributed by atoms with E-state index in [1.165, 1.54) is 43.4 Å². The normalized spacial score (nSPS) is 11.8. The maximum absolute atomic E-state index is 6.59. The number of hydrogen-bond donors (Lipinski definition) is 0. The molecule has 9 aromatic carbocycles.